The van der Waals surface area contributed by atoms with Crippen LogP contribution in [0.3, 0.4) is 0 Å². The lowest BCUT2D eigenvalue weighted by Crippen LogP contribution is -2.34. The molecule has 1 amide bonds. The molecule has 0 bridgehead atoms. The third-order valence-corrected chi connectivity index (χ3v) is 2.24. The first kappa shape index (κ1) is 13.7. The normalized spacial score (nSPS) is 12.4. The van der Waals surface area contributed by atoms with E-state index in [0.29, 0.717) is 5.69 Å². The number of methoxy groups -OCH3 is 1. The van der Waals surface area contributed by atoms with E-state index in [-0.39, 0.29) is 19.1 Å². The van der Waals surface area contributed by atoms with E-state index in [1.807, 2.05) is 0 Å². The Morgan fingerprint density at radius 2 is 2.47 bits per heavy atom. The molecular weight excluding hydrogens is 222 g/mol. The number of aromatic amines is 1. The first-order chi connectivity index (χ1) is 8.17. The maximum atomic E-state index is 11.6. The summed E-state index contributed by atoms with van der Waals surface area (Å²) in [4.78, 5) is 11.6. The molecule has 0 spiro atoms. The number of nitrogens with zero attached hydrogens (tertiary/aromatic N) is 1. The molecule has 0 aliphatic rings. The summed E-state index contributed by atoms with van der Waals surface area (Å²) in [6.45, 7) is 2.41. The van der Waals surface area contributed by atoms with Gasteiger partial charge in [-0.1, -0.05) is 13.3 Å². The van der Waals surface area contributed by atoms with Crippen molar-refractivity contribution in [1.29, 1.82) is 0 Å². The van der Waals surface area contributed by atoms with Gasteiger partial charge in [0, 0.05) is 19.3 Å². The molecule has 0 radical (unpaired) electrons. The van der Waals surface area contributed by atoms with Crippen molar-refractivity contribution >= 4 is 5.91 Å². The van der Waals surface area contributed by atoms with E-state index in [2.05, 4.69) is 22.4 Å². The molecule has 0 saturated heterocycles. The molecule has 17 heavy (non-hydrogen) atoms. The van der Waals surface area contributed by atoms with Crippen molar-refractivity contribution in [3.8, 4) is 0 Å². The van der Waals surface area contributed by atoms with Crippen molar-refractivity contribution in [2.45, 2.75) is 25.9 Å². The average molecular weight is 241 g/mol. The lowest BCUT2D eigenvalue weighted by atomic mass is 10.2. The van der Waals surface area contributed by atoms with Gasteiger partial charge in [0.15, 0.2) is 0 Å². The average Bonchev–Trinajstić information content (AvgIpc) is 2.75. The van der Waals surface area contributed by atoms with Crippen molar-refractivity contribution in [2.24, 2.45) is 0 Å². The van der Waals surface area contributed by atoms with Crippen LogP contribution in [0, 0.1) is 0 Å². The number of nitrogens with one attached hydrogen (secondary N) is 2. The zero-order valence-corrected chi connectivity index (χ0v) is 10.2. The Balaban J connectivity index is 2.40. The van der Waals surface area contributed by atoms with Gasteiger partial charge in [0.25, 0.3) is 5.91 Å². The quantitative estimate of drug-likeness (QED) is 0.632. The molecule has 1 aromatic rings. The second kappa shape index (κ2) is 7.03. The number of H-pyrrole nitrogens is 1. The van der Waals surface area contributed by atoms with Crippen LogP contribution in [0.4, 0.5) is 0 Å². The number of carbonyl (C=O) groups is 1. The fraction of sp³-hybridized carbons (Fsp3) is 0.636. The van der Waals surface area contributed by atoms with Gasteiger partial charge in [-0.3, -0.25) is 9.89 Å². The van der Waals surface area contributed by atoms with Crippen LogP contribution in [0.2, 0.25) is 0 Å². The monoisotopic (exact) mass is 241 g/mol. The fourth-order valence-electron chi connectivity index (χ4n) is 1.43. The van der Waals surface area contributed by atoms with E-state index >= 15 is 0 Å². The lowest BCUT2D eigenvalue weighted by Gasteiger charge is -2.09. The van der Waals surface area contributed by atoms with Crippen molar-refractivity contribution < 1.29 is 14.6 Å². The third kappa shape index (κ3) is 4.54. The third-order valence-electron chi connectivity index (χ3n) is 2.24. The van der Waals surface area contributed by atoms with Gasteiger partial charge in [-0.15, -0.1) is 0 Å². The summed E-state index contributed by atoms with van der Waals surface area (Å²) < 4.78 is 4.75. The molecular formula is C11H19N3O3. The Labute approximate surface area is 100 Å². The van der Waals surface area contributed by atoms with Gasteiger partial charge >= 0.3 is 0 Å². The molecule has 3 N–H and O–H groups in total. The predicted octanol–water partition coefficient (Wildman–Crippen LogP) is 0.0993. The van der Waals surface area contributed by atoms with Crippen LogP contribution in [0.5, 0.6) is 0 Å². The largest absolute Gasteiger partial charge is 0.389 e. The highest BCUT2D eigenvalue weighted by atomic mass is 16.5. The molecule has 0 aromatic carbocycles. The summed E-state index contributed by atoms with van der Waals surface area (Å²) >= 11 is 0. The lowest BCUT2D eigenvalue weighted by molar-refractivity contribution is 0.0608. The number of aromatic nitrogens is 2. The topological polar surface area (TPSA) is 87.2 Å². The molecule has 1 aromatic heterocycles. The van der Waals surface area contributed by atoms with Crippen LogP contribution in [-0.4, -0.2) is 47.6 Å². The SMILES string of the molecule is CCCc1cc(C(=O)NCC(O)COC)n[nH]1. The Bertz CT molecular complexity index is 351. The molecule has 96 valence electrons. The Morgan fingerprint density at radius 3 is 3.12 bits per heavy atom. The van der Waals surface area contributed by atoms with Crippen molar-refractivity contribution in [3.63, 3.8) is 0 Å². The van der Waals surface area contributed by atoms with Gasteiger partial charge in [0.2, 0.25) is 0 Å². The number of hydrogen-bond donors (Lipinski definition) is 3. The van der Waals surface area contributed by atoms with Crippen LogP contribution in [0.1, 0.15) is 29.5 Å². The van der Waals surface area contributed by atoms with Crippen molar-refractivity contribution in [2.75, 3.05) is 20.3 Å². The van der Waals surface area contributed by atoms with Crippen molar-refractivity contribution in [1.82, 2.24) is 15.5 Å². The number of carbonyl (C=O) groups excluding carboxylic acids is 1. The molecule has 1 heterocycles. The van der Waals surface area contributed by atoms with E-state index in [0.717, 1.165) is 18.5 Å². The standard InChI is InChI=1S/C11H19N3O3/c1-3-4-8-5-10(14-13-8)11(16)12-6-9(15)7-17-2/h5,9,15H,3-4,6-7H2,1-2H3,(H,12,16)(H,13,14). The molecule has 1 unspecified atom stereocenters. The van der Waals surface area contributed by atoms with E-state index in [9.17, 15) is 9.90 Å². The Hall–Kier alpha value is -1.40. The highest BCUT2D eigenvalue weighted by molar-refractivity contribution is 5.92. The molecule has 6 heteroatoms. The highest BCUT2D eigenvalue weighted by Crippen LogP contribution is 2.02. The van der Waals surface area contributed by atoms with Gasteiger partial charge in [0.05, 0.1) is 12.7 Å². The van der Waals surface area contributed by atoms with Gasteiger partial charge in [-0.05, 0) is 12.5 Å². The van der Waals surface area contributed by atoms with Crippen LogP contribution in [0.25, 0.3) is 0 Å². The summed E-state index contributed by atoms with van der Waals surface area (Å²) in [6.07, 6.45) is 1.17. The van der Waals surface area contributed by atoms with Crippen LogP contribution in [-0.2, 0) is 11.2 Å². The predicted molar refractivity (Wildman–Crippen MR) is 62.8 cm³/mol. The molecule has 0 aliphatic carbocycles. The molecule has 1 atom stereocenters. The number of rotatable bonds is 7. The minimum Gasteiger partial charge on any atom is -0.389 e. The second-order valence-corrected chi connectivity index (χ2v) is 3.85. The highest BCUT2D eigenvalue weighted by Gasteiger charge is 2.11. The van der Waals surface area contributed by atoms with E-state index in [4.69, 9.17) is 4.74 Å². The maximum absolute atomic E-state index is 11.6. The summed E-state index contributed by atoms with van der Waals surface area (Å²) in [7, 11) is 1.50. The Kier molecular flexibility index (Phi) is 5.65. The smallest absolute Gasteiger partial charge is 0.271 e. The Morgan fingerprint density at radius 1 is 1.71 bits per heavy atom. The number of amides is 1. The first-order valence-electron chi connectivity index (χ1n) is 5.66. The first-order valence-corrected chi connectivity index (χ1v) is 5.66. The maximum Gasteiger partial charge on any atom is 0.271 e. The molecule has 0 saturated carbocycles. The number of ether oxygens (including phenoxy) is 1. The minimum atomic E-state index is -0.696. The summed E-state index contributed by atoms with van der Waals surface area (Å²) in [5.41, 5.74) is 1.29. The fourth-order valence-corrected chi connectivity index (χ4v) is 1.43. The number of aliphatic hydroxyl groups is 1. The van der Waals surface area contributed by atoms with E-state index in [1.165, 1.54) is 7.11 Å². The minimum absolute atomic E-state index is 0.155. The summed E-state index contributed by atoms with van der Waals surface area (Å²) in [5.74, 6) is -0.293. The molecule has 0 fully saturated rings. The van der Waals surface area contributed by atoms with Crippen molar-refractivity contribution in [3.05, 3.63) is 17.5 Å². The van der Waals surface area contributed by atoms with Crippen LogP contribution < -0.4 is 5.32 Å². The molecule has 1 rings (SSSR count). The van der Waals surface area contributed by atoms with Gasteiger partial charge in [-0.25, -0.2) is 0 Å². The summed E-state index contributed by atoms with van der Waals surface area (Å²) in [5, 5.41) is 18.7. The van der Waals surface area contributed by atoms with Gasteiger partial charge in [-0.2, -0.15) is 5.10 Å². The van der Waals surface area contributed by atoms with E-state index in [1.54, 1.807) is 6.07 Å². The second-order valence-electron chi connectivity index (χ2n) is 3.85. The molecule has 6 nitrogen and oxygen atoms in total. The van der Waals surface area contributed by atoms with Crippen LogP contribution in [0.15, 0.2) is 6.07 Å². The van der Waals surface area contributed by atoms with E-state index < -0.39 is 6.10 Å². The number of aliphatic hydroxyl groups excluding tert-OH is 1. The van der Waals surface area contributed by atoms with Gasteiger partial charge < -0.3 is 15.2 Å². The summed E-state index contributed by atoms with van der Waals surface area (Å²) in [6, 6.07) is 1.72. The molecule has 0 aliphatic heterocycles. The zero-order chi connectivity index (χ0) is 12.7. The number of hydrogen-bond acceptors (Lipinski definition) is 4. The van der Waals surface area contributed by atoms with Crippen LogP contribution >= 0.6 is 0 Å². The van der Waals surface area contributed by atoms with Gasteiger partial charge in [0.1, 0.15) is 5.69 Å². The zero-order valence-electron chi connectivity index (χ0n) is 10.2. The number of aryl methyl sites for hydroxylation is 1.